The van der Waals surface area contributed by atoms with Crippen LogP contribution in [0.3, 0.4) is 0 Å². The second-order valence-corrected chi connectivity index (χ2v) is 15.6. The molecule has 3 N–H and O–H groups in total. The lowest BCUT2D eigenvalue weighted by molar-refractivity contribution is -0.129. The Labute approximate surface area is 317 Å². The van der Waals surface area contributed by atoms with Crippen LogP contribution in [0.25, 0.3) is 0 Å². The number of pyridine rings is 1. The molecule has 6 rings (SSSR count). The lowest BCUT2D eigenvalue weighted by Crippen LogP contribution is -2.54. The van der Waals surface area contributed by atoms with Gasteiger partial charge in [0.15, 0.2) is 12.2 Å². The number of hydrogen-bond acceptors (Lipinski definition) is 12. The summed E-state index contributed by atoms with van der Waals surface area (Å²) in [4.78, 5) is 56.1. The third kappa shape index (κ3) is 9.80. The van der Waals surface area contributed by atoms with Crippen LogP contribution in [0.2, 0.25) is 0 Å². The number of ether oxygens (including phenoxy) is 2. The number of oxazole rings is 1. The maximum absolute atomic E-state index is 13.8. The van der Waals surface area contributed by atoms with E-state index in [2.05, 4.69) is 32.5 Å². The molecular formula is C39H54N8O7. The Morgan fingerprint density at radius 1 is 1.04 bits per heavy atom. The van der Waals surface area contributed by atoms with Crippen LogP contribution in [-0.2, 0) is 29.1 Å². The largest absolute Gasteiger partial charge is 0.486 e. The summed E-state index contributed by atoms with van der Waals surface area (Å²) in [5.74, 6) is 2.27. The van der Waals surface area contributed by atoms with Crippen molar-refractivity contribution in [3.8, 4) is 5.75 Å². The number of nitrogens with one attached hydrogen (secondary N) is 2. The molecule has 1 aromatic carbocycles. The van der Waals surface area contributed by atoms with Crippen LogP contribution in [0, 0.1) is 6.92 Å². The molecular weight excluding hydrogens is 692 g/mol. The highest BCUT2D eigenvalue weighted by Crippen LogP contribution is 2.31. The first-order valence-electron chi connectivity index (χ1n) is 18.8. The monoisotopic (exact) mass is 746 g/mol. The van der Waals surface area contributed by atoms with Crippen LogP contribution in [0.15, 0.2) is 41.1 Å². The summed E-state index contributed by atoms with van der Waals surface area (Å²) in [5.41, 5.74) is 2.26. The fourth-order valence-corrected chi connectivity index (χ4v) is 7.05. The molecule has 0 saturated carbocycles. The molecule has 15 heteroatoms. The maximum atomic E-state index is 13.8. The van der Waals surface area contributed by atoms with Crippen molar-refractivity contribution < 1.29 is 33.4 Å². The van der Waals surface area contributed by atoms with Crippen molar-refractivity contribution in [1.82, 2.24) is 30.0 Å². The standard InChI is InChI=1S/C39H54N8O7/c1-25-34(53-24-41-25)23-52-31-8-7-27-18-32(47(22-29(27)17-31)38(51)54-39(3,4)5)33(49)21-40-37(50)28-19-35(42-30-9-11-45(12-10-30)26(2)48)43-36(20-28)46-15-13-44(6)14-16-46/h7-8,17,19-20,24,30,32-33,49H,9-16,18,21-23H2,1-6H3,(H,40,50)(H,42,43)/t32-,33+/m0/s1. The van der Waals surface area contributed by atoms with Crippen LogP contribution < -0.4 is 20.3 Å². The van der Waals surface area contributed by atoms with Gasteiger partial charge in [-0.2, -0.15) is 0 Å². The predicted molar refractivity (Wildman–Crippen MR) is 202 cm³/mol. The van der Waals surface area contributed by atoms with E-state index in [0.717, 1.165) is 55.8 Å². The number of hydrogen-bond donors (Lipinski definition) is 3. The summed E-state index contributed by atoms with van der Waals surface area (Å²) < 4.78 is 17.2. The summed E-state index contributed by atoms with van der Waals surface area (Å²) >= 11 is 0. The van der Waals surface area contributed by atoms with Gasteiger partial charge in [0.25, 0.3) is 5.91 Å². The Morgan fingerprint density at radius 3 is 2.44 bits per heavy atom. The van der Waals surface area contributed by atoms with Crippen molar-refractivity contribution in [1.29, 1.82) is 0 Å². The number of aliphatic hydroxyl groups is 1. The van der Waals surface area contributed by atoms with Gasteiger partial charge < -0.3 is 44.3 Å². The summed E-state index contributed by atoms with van der Waals surface area (Å²) in [6.07, 6.45) is 1.65. The molecule has 0 bridgehead atoms. The highest BCUT2D eigenvalue weighted by molar-refractivity contribution is 5.95. The van der Waals surface area contributed by atoms with Gasteiger partial charge in [-0.25, -0.2) is 14.8 Å². The fourth-order valence-electron chi connectivity index (χ4n) is 7.05. The first-order chi connectivity index (χ1) is 25.7. The number of likely N-dealkylation sites (N-methyl/N-ethyl adjacent to an activating group) is 1. The SMILES string of the molecule is CC(=O)N1CCC(Nc2cc(C(=O)NC[C@@H](O)[C@@H]3Cc4ccc(OCc5ocnc5C)cc4CN3C(=O)OC(C)(C)C)cc(N3CCN(C)CC3)n2)CC1. The number of likely N-dealkylation sites (tertiary alicyclic amines) is 1. The average Bonchev–Trinajstić information content (AvgIpc) is 3.56. The van der Waals surface area contributed by atoms with Gasteiger partial charge in [0.2, 0.25) is 5.91 Å². The number of amides is 3. The van der Waals surface area contributed by atoms with E-state index in [1.54, 1.807) is 39.8 Å². The molecule has 3 aliphatic rings. The number of rotatable bonds is 10. The zero-order valence-electron chi connectivity index (χ0n) is 32.3. The molecule has 292 valence electrons. The van der Waals surface area contributed by atoms with Crippen LogP contribution >= 0.6 is 0 Å². The summed E-state index contributed by atoms with van der Waals surface area (Å²) in [6.45, 7) is 13.8. The molecule has 2 fully saturated rings. The molecule has 0 unspecified atom stereocenters. The van der Waals surface area contributed by atoms with E-state index in [1.165, 1.54) is 11.3 Å². The molecule has 3 aromatic rings. The Kier molecular flexibility index (Phi) is 12.0. The van der Waals surface area contributed by atoms with Gasteiger partial charge in [-0.15, -0.1) is 0 Å². The van der Waals surface area contributed by atoms with Crippen molar-refractivity contribution in [2.45, 2.75) is 90.8 Å². The second kappa shape index (κ2) is 16.6. The first-order valence-corrected chi connectivity index (χ1v) is 18.8. The first kappa shape index (κ1) is 38.8. The van der Waals surface area contributed by atoms with Crippen molar-refractivity contribution in [2.24, 2.45) is 0 Å². The van der Waals surface area contributed by atoms with Crippen LogP contribution in [-0.4, -0.2) is 124 Å². The number of aliphatic hydroxyl groups excluding tert-OH is 1. The van der Waals surface area contributed by atoms with Crippen LogP contribution in [0.4, 0.5) is 16.4 Å². The van der Waals surface area contributed by atoms with E-state index in [9.17, 15) is 19.5 Å². The minimum absolute atomic E-state index is 0.0744. The zero-order valence-corrected chi connectivity index (χ0v) is 32.3. The highest BCUT2D eigenvalue weighted by atomic mass is 16.6. The molecule has 5 heterocycles. The number of aryl methyl sites for hydroxylation is 1. The van der Waals surface area contributed by atoms with E-state index in [-0.39, 0.29) is 37.6 Å². The number of nitrogens with zero attached hydrogens (tertiary/aromatic N) is 6. The number of benzene rings is 1. The number of fused-ring (bicyclic) bond motifs is 1. The molecule has 15 nitrogen and oxygen atoms in total. The van der Waals surface area contributed by atoms with Gasteiger partial charge in [-0.05, 0) is 89.4 Å². The summed E-state index contributed by atoms with van der Waals surface area (Å²) in [7, 11) is 2.09. The number of piperidine rings is 1. The third-order valence-corrected chi connectivity index (χ3v) is 10.3. The van der Waals surface area contributed by atoms with Crippen molar-refractivity contribution in [3.05, 3.63) is 64.9 Å². The smallest absolute Gasteiger partial charge is 0.410 e. The topological polar surface area (TPSA) is 166 Å². The zero-order chi connectivity index (χ0) is 38.6. The predicted octanol–water partition coefficient (Wildman–Crippen LogP) is 3.58. The van der Waals surface area contributed by atoms with Crippen LogP contribution in [0.5, 0.6) is 5.75 Å². The number of anilines is 2. The minimum Gasteiger partial charge on any atom is -0.486 e. The minimum atomic E-state index is -1.09. The van der Waals surface area contributed by atoms with Crippen LogP contribution in [0.1, 0.15) is 73.5 Å². The maximum Gasteiger partial charge on any atom is 0.410 e. The fraction of sp³-hybridized carbons (Fsp3) is 0.564. The molecule has 3 amide bonds. The van der Waals surface area contributed by atoms with E-state index in [0.29, 0.717) is 48.2 Å². The lowest BCUT2D eigenvalue weighted by Gasteiger charge is -2.40. The molecule has 54 heavy (non-hydrogen) atoms. The Hall–Kier alpha value is -4.89. The molecule has 2 aromatic heterocycles. The quantitative estimate of drug-likeness (QED) is 0.277. The Morgan fingerprint density at radius 2 is 1.78 bits per heavy atom. The van der Waals surface area contributed by atoms with Gasteiger partial charge in [-0.1, -0.05) is 6.07 Å². The second-order valence-electron chi connectivity index (χ2n) is 15.6. The van der Waals surface area contributed by atoms with E-state index >= 15 is 0 Å². The van der Waals surface area contributed by atoms with Gasteiger partial charge in [-0.3, -0.25) is 14.5 Å². The van der Waals surface area contributed by atoms with Gasteiger partial charge in [0.05, 0.1) is 17.8 Å². The Bertz CT molecular complexity index is 1790. The van der Waals surface area contributed by atoms with Crippen molar-refractivity contribution >= 4 is 29.5 Å². The molecule has 0 spiro atoms. The highest BCUT2D eigenvalue weighted by Gasteiger charge is 2.37. The molecule has 0 aliphatic carbocycles. The van der Waals surface area contributed by atoms with Gasteiger partial charge >= 0.3 is 6.09 Å². The average molecular weight is 747 g/mol. The number of piperazine rings is 1. The number of carbonyl (C=O) groups excluding carboxylic acids is 3. The normalized spacial score (nSPS) is 18.9. The molecule has 2 saturated heterocycles. The third-order valence-electron chi connectivity index (χ3n) is 10.3. The van der Waals surface area contributed by atoms with E-state index in [4.69, 9.17) is 18.9 Å². The van der Waals surface area contributed by atoms with Gasteiger partial charge in [0, 0.05) is 70.9 Å². The summed E-state index contributed by atoms with van der Waals surface area (Å²) in [5, 5.41) is 18.1. The van der Waals surface area contributed by atoms with E-state index in [1.807, 2.05) is 30.0 Å². The molecule has 3 aliphatic heterocycles. The summed E-state index contributed by atoms with van der Waals surface area (Å²) in [6, 6.07) is 8.68. The van der Waals surface area contributed by atoms with Crippen molar-refractivity contribution in [3.63, 3.8) is 0 Å². The number of aromatic nitrogens is 2. The lowest BCUT2D eigenvalue weighted by atomic mass is 9.91. The molecule has 0 radical (unpaired) electrons. The Balaban J connectivity index is 1.16. The van der Waals surface area contributed by atoms with Gasteiger partial charge in [0.1, 0.15) is 29.6 Å². The number of carbonyl (C=O) groups is 3. The molecule has 2 atom stereocenters. The van der Waals surface area contributed by atoms with E-state index < -0.39 is 23.8 Å². The van der Waals surface area contributed by atoms with Crippen molar-refractivity contribution in [2.75, 3.05) is 63.1 Å².